The van der Waals surface area contributed by atoms with Crippen LogP contribution in [0.15, 0.2) is 54.6 Å². The molecule has 0 saturated carbocycles. The first-order valence-corrected chi connectivity index (χ1v) is 11.4. The van der Waals surface area contributed by atoms with Gasteiger partial charge in [0.15, 0.2) is 6.61 Å². The molecule has 5 rings (SSSR count). The van der Waals surface area contributed by atoms with Gasteiger partial charge in [-0.05, 0) is 62.2 Å². The molecule has 162 valence electrons. The third-order valence-corrected chi connectivity index (χ3v) is 6.96. The van der Waals surface area contributed by atoms with Crippen molar-refractivity contribution in [3.05, 3.63) is 75.8 Å². The number of aromatic nitrogens is 2. The zero-order valence-electron chi connectivity index (χ0n) is 17.5. The molecule has 32 heavy (non-hydrogen) atoms. The highest BCUT2D eigenvalue weighted by molar-refractivity contribution is 7.20. The maximum absolute atomic E-state index is 12.8. The van der Waals surface area contributed by atoms with Gasteiger partial charge >= 0.3 is 5.97 Å². The first kappa shape index (κ1) is 20.7. The van der Waals surface area contributed by atoms with Crippen molar-refractivity contribution in [2.75, 3.05) is 11.5 Å². The second-order valence-electron chi connectivity index (χ2n) is 7.82. The topological polar surface area (TPSA) is 64.4 Å². The monoisotopic (exact) mass is 465 g/mol. The highest BCUT2D eigenvalue weighted by atomic mass is 35.5. The van der Waals surface area contributed by atoms with E-state index in [0.29, 0.717) is 9.90 Å². The van der Waals surface area contributed by atoms with Crippen LogP contribution in [0.5, 0.6) is 0 Å². The van der Waals surface area contributed by atoms with Crippen molar-refractivity contribution in [1.29, 1.82) is 0 Å². The quantitative estimate of drug-likeness (QED) is 0.389. The molecule has 0 aliphatic carbocycles. The number of para-hydroxylation sites is 1. The van der Waals surface area contributed by atoms with Gasteiger partial charge in [-0.2, -0.15) is 5.10 Å². The van der Waals surface area contributed by atoms with E-state index < -0.39 is 5.97 Å². The Hall–Kier alpha value is -3.16. The predicted molar refractivity (Wildman–Crippen MR) is 126 cm³/mol. The highest BCUT2D eigenvalue weighted by Crippen LogP contribution is 2.33. The van der Waals surface area contributed by atoms with Crippen molar-refractivity contribution in [3.63, 3.8) is 0 Å². The van der Waals surface area contributed by atoms with Crippen LogP contribution >= 0.6 is 22.9 Å². The molecule has 0 saturated heterocycles. The van der Waals surface area contributed by atoms with Crippen molar-refractivity contribution < 1.29 is 14.3 Å². The lowest BCUT2D eigenvalue weighted by Gasteiger charge is -2.22. The lowest BCUT2D eigenvalue weighted by Crippen LogP contribution is -2.38. The molecule has 0 radical (unpaired) electrons. The maximum Gasteiger partial charge on any atom is 0.348 e. The van der Waals surface area contributed by atoms with Crippen LogP contribution in [-0.2, 0) is 16.0 Å². The Kier molecular flexibility index (Phi) is 5.23. The van der Waals surface area contributed by atoms with Gasteiger partial charge in [0.1, 0.15) is 9.71 Å². The van der Waals surface area contributed by atoms with E-state index in [2.05, 4.69) is 5.10 Å². The van der Waals surface area contributed by atoms with Crippen molar-refractivity contribution in [2.45, 2.75) is 26.3 Å². The van der Waals surface area contributed by atoms with Crippen LogP contribution in [0.2, 0.25) is 5.02 Å². The number of benzene rings is 2. The summed E-state index contributed by atoms with van der Waals surface area (Å²) in [5.74, 6) is -0.734. The largest absolute Gasteiger partial charge is 0.451 e. The number of fused-ring (bicyclic) bond motifs is 2. The third-order valence-electron chi connectivity index (χ3n) is 5.62. The molecule has 0 spiro atoms. The van der Waals surface area contributed by atoms with Crippen LogP contribution in [0.4, 0.5) is 5.69 Å². The third kappa shape index (κ3) is 3.57. The number of nitrogens with zero attached hydrogens (tertiary/aromatic N) is 3. The number of carbonyl (C=O) groups excluding carboxylic acids is 2. The minimum atomic E-state index is -0.512. The fourth-order valence-electron chi connectivity index (χ4n) is 4.12. The molecule has 0 bridgehead atoms. The number of carbonyl (C=O) groups is 2. The van der Waals surface area contributed by atoms with E-state index in [-0.39, 0.29) is 18.6 Å². The van der Waals surface area contributed by atoms with Crippen LogP contribution in [0, 0.1) is 6.92 Å². The lowest BCUT2D eigenvalue weighted by atomic mass is 10.1. The number of amides is 1. The zero-order valence-corrected chi connectivity index (χ0v) is 19.1. The molecule has 3 heterocycles. The summed E-state index contributed by atoms with van der Waals surface area (Å²) in [5.41, 5.74) is 3.68. The molecular weight excluding hydrogens is 446 g/mol. The van der Waals surface area contributed by atoms with Gasteiger partial charge in [0, 0.05) is 22.1 Å². The molecule has 1 amide bonds. The summed E-state index contributed by atoms with van der Waals surface area (Å²) in [6, 6.07) is 17.0. The van der Waals surface area contributed by atoms with Gasteiger partial charge in [0.2, 0.25) is 0 Å². The number of anilines is 1. The maximum atomic E-state index is 12.8. The second-order valence-corrected chi connectivity index (χ2v) is 9.29. The Morgan fingerprint density at radius 2 is 1.94 bits per heavy atom. The summed E-state index contributed by atoms with van der Waals surface area (Å²) in [6.45, 7) is 3.59. The van der Waals surface area contributed by atoms with Crippen LogP contribution in [0.25, 0.3) is 15.9 Å². The van der Waals surface area contributed by atoms with Crippen LogP contribution in [0.1, 0.15) is 27.9 Å². The van der Waals surface area contributed by atoms with E-state index in [1.54, 1.807) is 27.8 Å². The van der Waals surface area contributed by atoms with Gasteiger partial charge in [-0.15, -0.1) is 11.3 Å². The van der Waals surface area contributed by atoms with Crippen molar-refractivity contribution in [3.8, 4) is 5.69 Å². The molecule has 8 heteroatoms. The van der Waals surface area contributed by atoms with E-state index in [9.17, 15) is 9.59 Å². The zero-order chi connectivity index (χ0) is 22.4. The van der Waals surface area contributed by atoms with Gasteiger partial charge in [0.05, 0.1) is 11.4 Å². The number of halogens is 1. The normalized spacial score (nSPS) is 15.2. The van der Waals surface area contributed by atoms with Crippen molar-refractivity contribution in [2.24, 2.45) is 0 Å². The standard InChI is InChI=1S/C24H20ClN3O3S/c1-14-11-16-5-3-4-6-20(16)27(14)22(29)13-31-24(30)21-12-19-15(2)26-28(23(19)32-21)18-9-7-17(25)8-10-18/h3-10,12,14H,11,13H2,1-2H3. The smallest absolute Gasteiger partial charge is 0.348 e. The minimum Gasteiger partial charge on any atom is -0.451 e. The lowest BCUT2D eigenvalue weighted by molar-refractivity contribution is -0.122. The summed E-state index contributed by atoms with van der Waals surface area (Å²) in [5, 5.41) is 6.10. The molecule has 1 aliphatic heterocycles. The van der Waals surface area contributed by atoms with E-state index in [1.807, 2.05) is 50.2 Å². The molecule has 1 unspecified atom stereocenters. The van der Waals surface area contributed by atoms with Crippen LogP contribution in [-0.4, -0.2) is 34.3 Å². The Labute approximate surface area is 194 Å². The molecule has 0 fully saturated rings. The van der Waals surface area contributed by atoms with Crippen LogP contribution in [0.3, 0.4) is 0 Å². The Morgan fingerprint density at radius 3 is 2.72 bits per heavy atom. The summed E-state index contributed by atoms with van der Waals surface area (Å²) < 4.78 is 7.19. The number of rotatable bonds is 4. The average Bonchev–Trinajstić information content (AvgIpc) is 3.45. The first-order chi connectivity index (χ1) is 15.4. The van der Waals surface area contributed by atoms with Crippen molar-refractivity contribution >= 4 is 50.7 Å². The van der Waals surface area contributed by atoms with E-state index in [0.717, 1.165) is 39.3 Å². The second kappa shape index (κ2) is 8.07. The molecule has 2 aromatic heterocycles. The van der Waals surface area contributed by atoms with E-state index in [4.69, 9.17) is 16.3 Å². The fraction of sp³-hybridized carbons (Fsp3) is 0.208. The summed E-state index contributed by atoms with van der Waals surface area (Å²) in [7, 11) is 0. The minimum absolute atomic E-state index is 0.0379. The van der Waals surface area contributed by atoms with Crippen LogP contribution < -0.4 is 4.90 Å². The van der Waals surface area contributed by atoms with Gasteiger partial charge in [-0.1, -0.05) is 29.8 Å². The number of thiophene rings is 1. The number of hydrogen-bond acceptors (Lipinski definition) is 5. The number of ether oxygens (including phenoxy) is 1. The van der Waals surface area contributed by atoms with E-state index in [1.165, 1.54) is 11.3 Å². The van der Waals surface area contributed by atoms with Gasteiger partial charge < -0.3 is 9.64 Å². The molecule has 0 N–H and O–H groups in total. The average molecular weight is 466 g/mol. The Morgan fingerprint density at radius 1 is 1.19 bits per heavy atom. The SMILES string of the molecule is Cc1nn(-c2ccc(Cl)cc2)c2sc(C(=O)OCC(=O)N3c4ccccc4CC3C)cc12. The van der Waals surface area contributed by atoms with Crippen molar-refractivity contribution in [1.82, 2.24) is 9.78 Å². The van der Waals surface area contributed by atoms with Gasteiger partial charge in [-0.3, -0.25) is 4.79 Å². The van der Waals surface area contributed by atoms with Gasteiger partial charge in [0.25, 0.3) is 5.91 Å². The molecular formula is C24H20ClN3O3S. The Bertz CT molecular complexity index is 1340. The number of hydrogen-bond donors (Lipinski definition) is 0. The summed E-state index contributed by atoms with van der Waals surface area (Å²) in [4.78, 5) is 28.5. The fourth-order valence-corrected chi connectivity index (χ4v) is 5.32. The Balaban J connectivity index is 1.34. The molecule has 2 aromatic carbocycles. The van der Waals surface area contributed by atoms with E-state index >= 15 is 0 Å². The summed E-state index contributed by atoms with van der Waals surface area (Å²) in [6.07, 6.45) is 0.798. The molecule has 4 aromatic rings. The molecule has 1 atom stereocenters. The number of aryl methyl sites for hydroxylation is 1. The predicted octanol–water partition coefficient (Wildman–Crippen LogP) is 5.18. The number of esters is 1. The molecule has 6 nitrogen and oxygen atoms in total. The highest BCUT2D eigenvalue weighted by Gasteiger charge is 2.31. The summed E-state index contributed by atoms with van der Waals surface area (Å²) >= 11 is 7.29. The van der Waals surface area contributed by atoms with Gasteiger partial charge in [-0.25, -0.2) is 9.48 Å². The first-order valence-electron chi connectivity index (χ1n) is 10.2. The molecule has 1 aliphatic rings.